The van der Waals surface area contributed by atoms with E-state index in [-0.39, 0.29) is 4.88 Å². The second kappa shape index (κ2) is 7.22. The van der Waals surface area contributed by atoms with Crippen LogP contribution >= 0.6 is 46.3 Å². The fourth-order valence-electron chi connectivity index (χ4n) is 1.46. The van der Waals surface area contributed by atoms with Crippen LogP contribution in [0.4, 0.5) is 0 Å². The molecule has 0 bridgehead atoms. The first kappa shape index (κ1) is 15.5. The highest BCUT2D eigenvalue weighted by molar-refractivity contribution is 7.99. The number of halogens is 2. The second-order valence-corrected chi connectivity index (χ2v) is 6.59. The zero-order chi connectivity index (χ0) is 14.5. The number of carbonyl (C=O) groups is 1. The molecule has 7 heteroatoms. The first-order valence-electron chi connectivity index (χ1n) is 5.59. The van der Waals surface area contributed by atoms with Gasteiger partial charge < -0.3 is 9.84 Å². The van der Waals surface area contributed by atoms with E-state index in [1.54, 1.807) is 29.6 Å². The van der Waals surface area contributed by atoms with Crippen molar-refractivity contribution < 1.29 is 14.6 Å². The molecule has 3 nitrogen and oxygen atoms in total. The Bertz CT molecular complexity index is 613. The van der Waals surface area contributed by atoms with Gasteiger partial charge in [-0.1, -0.05) is 23.2 Å². The molecular weight excluding hydrogens is 339 g/mol. The van der Waals surface area contributed by atoms with Gasteiger partial charge in [0.2, 0.25) is 0 Å². The largest absolute Gasteiger partial charge is 0.491 e. The highest BCUT2D eigenvalue weighted by Crippen LogP contribution is 2.30. The summed E-state index contributed by atoms with van der Waals surface area (Å²) in [5.74, 6) is 0.0791. The van der Waals surface area contributed by atoms with E-state index < -0.39 is 5.97 Å². The number of benzene rings is 1. The number of carboxylic acids is 1. The zero-order valence-corrected chi connectivity index (χ0v) is 13.3. The van der Waals surface area contributed by atoms with Crippen LogP contribution in [0, 0.1) is 0 Å². The Hall–Kier alpha value is -0.880. The predicted octanol–water partition coefficient (Wildman–Crippen LogP) is 4.92. The van der Waals surface area contributed by atoms with E-state index in [0.717, 1.165) is 16.2 Å². The third-order valence-corrected chi connectivity index (χ3v) is 4.90. The second-order valence-electron chi connectivity index (χ2n) is 3.69. The molecule has 1 heterocycles. The lowest BCUT2D eigenvalue weighted by Crippen LogP contribution is -2.03. The first-order chi connectivity index (χ1) is 9.58. The number of ether oxygens (including phenoxy) is 1. The van der Waals surface area contributed by atoms with Crippen molar-refractivity contribution in [3.05, 3.63) is 44.6 Å². The molecule has 0 aliphatic rings. The number of thiophene rings is 1. The Kier molecular flexibility index (Phi) is 5.60. The van der Waals surface area contributed by atoms with Crippen LogP contribution < -0.4 is 4.74 Å². The van der Waals surface area contributed by atoms with E-state index in [1.165, 1.54) is 11.8 Å². The average Bonchev–Trinajstić information content (AvgIpc) is 2.87. The monoisotopic (exact) mass is 348 g/mol. The highest BCUT2D eigenvalue weighted by Gasteiger charge is 2.12. The lowest BCUT2D eigenvalue weighted by Gasteiger charge is -2.07. The summed E-state index contributed by atoms with van der Waals surface area (Å²) in [5, 5.41) is 11.9. The molecule has 1 N–H and O–H groups in total. The molecule has 106 valence electrons. The minimum absolute atomic E-state index is 0.218. The summed E-state index contributed by atoms with van der Waals surface area (Å²) in [6.07, 6.45) is 0. The van der Waals surface area contributed by atoms with E-state index in [2.05, 4.69) is 0 Å². The average molecular weight is 349 g/mol. The molecule has 0 unspecified atom stereocenters. The smallest absolute Gasteiger partial charge is 0.349 e. The summed E-state index contributed by atoms with van der Waals surface area (Å²) in [4.78, 5) is 12.0. The first-order valence-corrected chi connectivity index (χ1v) is 8.21. The van der Waals surface area contributed by atoms with E-state index >= 15 is 0 Å². The zero-order valence-electron chi connectivity index (χ0n) is 10.1. The molecule has 0 fully saturated rings. The van der Waals surface area contributed by atoms with E-state index in [4.69, 9.17) is 33.0 Å². The van der Waals surface area contributed by atoms with Gasteiger partial charge in [0, 0.05) is 15.7 Å². The highest BCUT2D eigenvalue weighted by atomic mass is 35.5. The number of hydrogen-bond acceptors (Lipinski definition) is 4. The summed E-state index contributed by atoms with van der Waals surface area (Å²) in [7, 11) is 0. The van der Waals surface area contributed by atoms with E-state index in [1.807, 2.05) is 0 Å². The van der Waals surface area contributed by atoms with Gasteiger partial charge in [0.1, 0.15) is 5.75 Å². The molecule has 2 rings (SSSR count). The molecule has 0 radical (unpaired) electrons. The maximum absolute atomic E-state index is 10.9. The van der Waals surface area contributed by atoms with Gasteiger partial charge in [-0.2, -0.15) is 0 Å². The Morgan fingerprint density at radius 3 is 2.90 bits per heavy atom. The third kappa shape index (κ3) is 4.06. The lowest BCUT2D eigenvalue weighted by molar-refractivity contribution is 0.0698. The molecule has 1 aromatic carbocycles. The van der Waals surface area contributed by atoms with E-state index in [9.17, 15) is 4.79 Å². The fraction of sp³-hybridized carbons (Fsp3) is 0.154. The van der Waals surface area contributed by atoms with Crippen LogP contribution in [0.25, 0.3) is 0 Å². The van der Waals surface area contributed by atoms with Crippen LogP contribution in [0.5, 0.6) is 5.75 Å². The van der Waals surface area contributed by atoms with Crippen LogP contribution in [0.1, 0.15) is 9.67 Å². The van der Waals surface area contributed by atoms with Gasteiger partial charge >= 0.3 is 5.97 Å². The molecule has 0 saturated heterocycles. The van der Waals surface area contributed by atoms with Crippen molar-refractivity contribution in [3.8, 4) is 5.75 Å². The Morgan fingerprint density at radius 1 is 1.35 bits per heavy atom. The standard InChI is InChI=1S/C13H10Cl2O3S2/c14-8-1-2-9(15)11(7-8)19-6-4-18-10-3-5-20-12(10)13(16)17/h1-3,5,7H,4,6H2,(H,16,17). The maximum atomic E-state index is 10.9. The maximum Gasteiger partial charge on any atom is 0.349 e. The van der Waals surface area contributed by atoms with Gasteiger partial charge in [0.15, 0.2) is 4.88 Å². The van der Waals surface area contributed by atoms with Crippen LogP contribution in [0.3, 0.4) is 0 Å². The van der Waals surface area contributed by atoms with Gasteiger partial charge in [-0.15, -0.1) is 23.1 Å². The van der Waals surface area contributed by atoms with Crippen molar-refractivity contribution in [2.45, 2.75) is 4.90 Å². The third-order valence-electron chi connectivity index (χ3n) is 2.32. The van der Waals surface area contributed by atoms with Crippen LogP contribution in [-0.2, 0) is 0 Å². The summed E-state index contributed by atoms with van der Waals surface area (Å²) >= 11 is 14.6. The van der Waals surface area contributed by atoms with Crippen LogP contribution in [0.15, 0.2) is 34.5 Å². The summed E-state index contributed by atoms with van der Waals surface area (Å²) < 4.78 is 5.46. The molecule has 0 saturated carbocycles. The Morgan fingerprint density at radius 2 is 2.15 bits per heavy atom. The summed E-state index contributed by atoms with van der Waals surface area (Å²) in [6.45, 7) is 0.393. The number of thioether (sulfide) groups is 1. The summed E-state index contributed by atoms with van der Waals surface area (Å²) in [6, 6.07) is 6.93. The van der Waals surface area contributed by atoms with Crippen molar-refractivity contribution in [1.29, 1.82) is 0 Å². The SMILES string of the molecule is O=C(O)c1sccc1OCCSc1cc(Cl)ccc1Cl. The topological polar surface area (TPSA) is 46.5 Å². The lowest BCUT2D eigenvalue weighted by atomic mass is 10.4. The van der Waals surface area contributed by atoms with E-state index in [0.29, 0.717) is 28.2 Å². The van der Waals surface area contributed by atoms with Gasteiger partial charge in [-0.25, -0.2) is 4.79 Å². The minimum atomic E-state index is -0.972. The molecule has 0 atom stereocenters. The molecule has 0 amide bonds. The number of carboxylic acid groups (broad SMARTS) is 1. The molecule has 0 aliphatic heterocycles. The quantitative estimate of drug-likeness (QED) is 0.594. The Labute approximate surface area is 134 Å². The van der Waals surface area contributed by atoms with Gasteiger partial charge in [0.25, 0.3) is 0 Å². The van der Waals surface area contributed by atoms with Crippen LogP contribution in [0.2, 0.25) is 10.0 Å². The van der Waals surface area contributed by atoms with Crippen molar-refractivity contribution in [1.82, 2.24) is 0 Å². The molecular formula is C13H10Cl2O3S2. The minimum Gasteiger partial charge on any atom is -0.491 e. The number of hydrogen-bond donors (Lipinski definition) is 1. The van der Waals surface area contributed by atoms with Crippen molar-refractivity contribution in [2.75, 3.05) is 12.4 Å². The van der Waals surface area contributed by atoms with Gasteiger partial charge in [-0.3, -0.25) is 0 Å². The number of rotatable bonds is 6. The molecule has 20 heavy (non-hydrogen) atoms. The van der Waals surface area contributed by atoms with Crippen molar-refractivity contribution in [2.24, 2.45) is 0 Å². The molecule has 1 aromatic heterocycles. The molecule has 2 aromatic rings. The fourth-order valence-corrected chi connectivity index (χ4v) is 3.45. The van der Waals surface area contributed by atoms with Crippen molar-refractivity contribution >= 4 is 52.3 Å². The van der Waals surface area contributed by atoms with Crippen molar-refractivity contribution in [3.63, 3.8) is 0 Å². The van der Waals surface area contributed by atoms with Gasteiger partial charge in [-0.05, 0) is 29.6 Å². The Balaban J connectivity index is 1.86. The number of aromatic carboxylic acids is 1. The predicted molar refractivity (Wildman–Crippen MR) is 84.0 cm³/mol. The molecule has 0 aliphatic carbocycles. The normalized spacial score (nSPS) is 10.5. The summed E-state index contributed by atoms with van der Waals surface area (Å²) in [5.41, 5.74) is 0. The van der Waals surface area contributed by atoms with Gasteiger partial charge in [0.05, 0.1) is 11.6 Å². The molecule has 0 spiro atoms. The van der Waals surface area contributed by atoms with Crippen LogP contribution in [-0.4, -0.2) is 23.4 Å².